The van der Waals surface area contributed by atoms with E-state index in [4.69, 9.17) is 16.3 Å². The van der Waals surface area contributed by atoms with Crippen molar-refractivity contribution in [3.63, 3.8) is 0 Å². The molecule has 0 bridgehead atoms. The van der Waals surface area contributed by atoms with Crippen molar-refractivity contribution >= 4 is 17.3 Å². The minimum absolute atomic E-state index is 0.0532. The first kappa shape index (κ1) is 14.2. The topological polar surface area (TPSA) is 64.4 Å². The zero-order valence-corrected chi connectivity index (χ0v) is 11.6. The monoisotopic (exact) mass is 284 g/mol. The summed E-state index contributed by atoms with van der Waals surface area (Å²) in [7, 11) is 0. The first-order chi connectivity index (χ1) is 9.02. The number of nitrogens with one attached hydrogen (secondary N) is 1. The number of hydrogen-bond acceptors (Lipinski definition) is 4. The van der Waals surface area contributed by atoms with E-state index in [1.54, 1.807) is 12.1 Å². The second kappa shape index (κ2) is 5.86. The van der Waals surface area contributed by atoms with Gasteiger partial charge in [0.15, 0.2) is 0 Å². The number of nitro benzene ring substituents is 1. The van der Waals surface area contributed by atoms with Crippen LogP contribution in [0.2, 0.25) is 5.02 Å². The fourth-order valence-corrected chi connectivity index (χ4v) is 2.56. The van der Waals surface area contributed by atoms with E-state index in [-0.39, 0.29) is 11.3 Å². The van der Waals surface area contributed by atoms with Gasteiger partial charge in [0.2, 0.25) is 0 Å². The quantitative estimate of drug-likeness (QED) is 0.667. The first-order valence-corrected chi connectivity index (χ1v) is 6.66. The SMILES string of the molecule is CC1(CNCc2c(Cl)cccc2[N+](=O)[O-])CCCO1. The highest BCUT2D eigenvalue weighted by Crippen LogP contribution is 2.27. The maximum atomic E-state index is 11.0. The van der Waals surface area contributed by atoms with Gasteiger partial charge in [0.25, 0.3) is 5.69 Å². The van der Waals surface area contributed by atoms with E-state index in [1.807, 2.05) is 6.92 Å². The molecule has 0 aliphatic carbocycles. The summed E-state index contributed by atoms with van der Waals surface area (Å²) in [4.78, 5) is 10.5. The van der Waals surface area contributed by atoms with Gasteiger partial charge in [0.05, 0.1) is 21.1 Å². The van der Waals surface area contributed by atoms with Gasteiger partial charge in [-0.05, 0) is 25.8 Å². The standard InChI is InChI=1S/C13H17ClN2O3/c1-13(6-3-7-19-13)9-15-8-10-11(14)4-2-5-12(10)16(17)18/h2,4-5,15H,3,6-9H2,1H3. The lowest BCUT2D eigenvalue weighted by Crippen LogP contribution is -2.36. The smallest absolute Gasteiger partial charge is 0.275 e. The van der Waals surface area contributed by atoms with Crippen LogP contribution in [0, 0.1) is 10.1 Å². The summed E-state index contributed by atoms with van der Waals surface area (Å²) in [6, 6.07) is 4.72. The molecule has 1 aliphatic heterocycles. The van der Waals surface area contributed by atoms with Crippen LogP contribution in [0.3, 0.4) is 0 Å². The van der Waals surface area contributed by atoms with Gasteiger partial charge in [-0.2, -0.15) is 0 Å². The molecule has 19 heavy (non-hydrogen) atoms. The lowest BCUT2D eigenvalue weighted by molar-refractivity contribution is -0.385. The van der Waals surface area contributed by atoms with E-state index in [1.165, 1.54) is 6.07 Å². The van der Waals surface area contributed by atoms with Crippen LogP contribution in [0.25, 0.3) is 0 Å². The van der Waals surface area contributed by atoms with Crippen molar-refractivity contribution in [3.05, 3.63) is 38.9 Å². The summed E-state index contributed by atoms with van der Waals surface area (Å²) in [5.41, 5.74) is 0.406. The molecule has 0 amide bonds. The number of benzene rings is 1. The number of halogens is 1. The molecule has 0 saturated carbocycles. The molecule has 1 saturated heterocycles. The molecule has 5 nitrogen and oxygen atoms in total. The Morgan fingerprint density at radius 3 is 3.00 bits per heavy atom. The van der Waals surface area contributed by atoms with Crippen molar-refractivity contribution in [1.29, 1.82) is 0 Å². The van der Waals surface area contributed by atoms with Crippen molar-refractivity contribution in [2.45, 2.75) is 31.9 Å². The number of nitro groups is 1. The first-order valence-electron chi connectivity index (χ1n) is 6.28. The van der Waals surface area contributed by atoms with Crippen LogP contribution in [0.4, 0.5) is 5.69 Å². The van der Waals surface area contributed by atoms with Gasteiger partial charge in [0.1, 0.15) is 0 Å². The van der Waals surface area contributed by atoms with Crippen LogP contribution in [0.1, 0.15) is 25.3 Å². The minimum Gasteiger partial charge on any atom is -0.374 e. The predicted molar refractivity (Wildman–Crippen MR) is 73.4 cm³/mol. The van der Waals surface area contributed by atoms with Gasteiger partial charge >= 0.3 is 0 Å². The number of ether oxygens (including phenoxy) is 1. The predicted octanol–water partition coefficient (Wildman–Crippen LogP) is 2.91. The van der Waals surface area contributed by atoms with Gasteiger partial charge < -0.3 is 10.1 Å². The third kappa shape index (κ3) is 3.43. The summed E-state index contributed by atoms with van der Waals surface area (Å²) < 4.78 is 5.66. The van der Waals surface area contributed by atoms with Gasteiger partial charge in [-0.15, -0.1) is 0 Å². The Bertz CT molecular complexity index is 473. The third-order valence-electron chi connectivity index (χ3n) is 3.39. The maximum absolute atomic E-state index is 11.0. The highest BCUT2D eigenvalue weighted by molar-refractivity contribution is 6.31. The molecule has 1 unspecified atom stereocenters. The molecule has 1 N–H and O–H groups in total. The minimum atomic E-state index is -0.406. The van der Waals surface area contributed by atoms with E-state index < -0.39 is 4.92 Å². The Morgan fingerprint density at radius 1 is 1.58 bits per heavy atom. The molecule has 1 heterocycles. The van der Waals surface area contributed by atoms with Crippen LogP contribution in [-0.2, 0) is 11.3 Å². The van der Waals surface area contributed by atoms with Crippen molar-refractivity contribution in [2.75, 3.05) is 13.2 Å². The Balaban J connectivity index is 2.01. The largest absolute Gasteiger partial charge is 0.374 e. The second-order valence-electron chi connectivity index (χ2n) is 5.00. The third-order valence-corrected chi connectivity index (χ3v) is 3.75. The average Bonchev–Trinajstić information content (AvgIpc) is 2.78. The van der Waals surface area contributed by atoms with Crippen molar-refractivity contribution in [2.24, 2.45) is 0 Å². The fourth-order valence-electron chi connectivity index (χ4n) is 2.32. The van der Waals surface area contributed by atoms with E-state index in [0.29, 0.717) is 23.7 Å². The molecule has 1 aliphatic rings. The molecule has 6 heteroatoms. The molecule has 2 rings (SSSR count). The zero-order chi connectivity index (χ0) is 13.9. The Hall–Kier alpha value is -1.17. The molecular formula is C13H17ClN2O3. The number of nitrogens with zero attached hydrogens (tertiary/aromatic N) is 1. The lowest BCUT2D eigenvalue weighted by Gasteiger charge is -2.23. The molecule has 0 spiro atoms. The van der Waals surface area contributed by atoms with Crippen LogP contribution in [-0.4, -0.2) is 23.7 Å². The van der Waals surface area contributed by atoms with Gasteiger partial charge in [-0.1, -0.05) is 17.7 Å². The highest BCUT2D eigenvalue weighted by atomic mass is 35.5. The fraction of sp³-hybridized carbons (Fsp3) is 0.538. The number of rotatable bonds is 5. The second-order valence-corrected chi connectivity index (χ2v) is 5.41. The summed E-state index contributed by atoms with van der Waals surface area (Å²) in [6.07, 6.45) is 2.06. The summed E-state index contributed by atoms with van der Waals surface area (Å²) >= 11 is 6.03. The Morgan fingerprint density at radius 2 is 2.37 bits per heavy atom. The average molecular weight is 285 g/mol. The molecular weight excluding hydrogens is 268 g/mol. The van der Waals surface area contributed by atoms with E-state index >= 15 is 0 Å². The molecule has 1 fully saturated rings. The molecule has 0 aromatic heterocycles. The van der Waals surface area contributed by atoms with E-state index in [0.717, 1.165) is 19.4 Å². The molecule has 104 valence electrons. The molecule has 1 atom stereocenters. The normalized spacial score (nSPS) is 22.6. The van der Waals surface area contributed by atoms with Crippen LogP contribution < -0.4 is 5.32 Å². The van der Waals surface area contributed by atoms with E-state index in [2.05, 4.69) is 5.32 Å². The lowest BCUT2D eigenvalue weighted by atomic mass is 10.0. The highest BCUT2D eigenvalue weighted by Gasteiger charge is 2.29. The Kier molecular flexibility index (Phi) is 4.39. The summed E-state index contributed by atoms with van der Waals surface area (Å²) in [6.45, 7) is 3.86. The van der Waals surface area contributed by atoms with Crippen molar-refractivity contribution in [1.82, 2.24) is 5.32 Å². The molecule has 0 radical (unpaired) electrons. The van der Waals surface area contributed by atoms with Crippen molar-refractivity contribution in [3.8, 4) is 0 Å². The molecule has 1 aromatic carbocycles. The van der Waals surface area contributed by atoms with Crippen molar-refractivity contribution < 1.29 is 9.66 Å². The summed E-state index contributed by atoms with van der Waals surface area (Å²) in [5, 5.41) is 14.6. The van der Waals surface area contributed by atoms with E-state index in [9.17, 15) is 10.1 Å². The van der Waals surface area contributed by atoms with Gasteiger partial charge in [0, 0.05) is 25.8 Å². The maximum Gasteiger partial charge on any atom is 0.275 e. The van der Waals surface area contributed by atoms with Crippen LogP contribution >= 0.6 is 11.6 Å². The van der Waals surface area contributed by atoms with Gasteiger partial charge in [-0.3, -0.25) is 10.1 Å². The zero-order valence-electron chi connectivity index (χ0n) is 10.8. The van der Waals surface area contributed by atoms with Gasteiger partial charge in [-0.25, -0.2) is 0 Å². The van der Waals surface area contributed by atoms with Crippen LogP contribution in [0.15, 0.2) is 18.2 Å². The molecule has 1 aromatic rings. The van der Waals surface area contributed by atoms with Crippen LogP contribution in [0.5, 0.6) is 0 Å². The summed E-state index contributed by atoms with van der Waals surface area (Å²) in [5.74, 6) is 0. The number of hydrogen-bond donors (Lipinski definition) is 1. The Labute approximate surface area is 117 Å².